The van der Waals surface area contributed by atoms with Gasteiger partial charge in [0.25, 0.3) is 0 Å². The number of nitrogens with one attached hydrogen (secondary N) is 2. The van der Waals surface area contributed by atoms with Crippen LogP contribution in [0.2, 0.25) is 0 Å². The third-order valence-corrected chi connectivity index (χ3v) is 7.65. The number of aliphatic hydroxyl groups is 1. The zero-order valence-corrected chi connectivity index (χ0v) is 23.0. The lowest BCUT2D eigenvalue weighted by molar-refractivity contribution is -0.253. The third-order valence-electron chi connectivity index (χ3n) is 7.65. The van der Waals surface area contributed by atoms with Crippen molar-refractivity contribution in [3.8, 4) is 0 Å². The Morgan fingerprint density at radius 3 is 2.45 bits per heavy atom. The summed E-state index contributed by atoms with van der Waals surface area (Å²) in [6, 6.07) is 25.5. The summed E-state index contributed by atoms with van der Waals surface area (Å²) in [6.07, 6.45) is 2.36. The van der Waals surface area contributed by atoms with E-state index in [4.69, 9.17) is 14.2 Å². The van der Waals surface area contributed by atoms with Crippen molar-refractivity contribution in [3.05, 3.63) is 101 Å². The van der Waals surface area contributed by atoms with Crippen LogP contribution in [0, 0.1) is 0 Å². The Kier molecular flexibility index (Phi) is 9.81. The minimum atomic E-state index is -0.536. The summed E-state index contributed by atoms with van der Waals surface area (Å²) >= 11 is 0. The van der Waals surface area contributed by atoms with Crippen LogP contribution in [0.1, 0.15) is 53.9 Å². The maximum Gasteiger partial charge on any atom is 0.319 e. The van der Waals surface area contributed by atoms with E-state index in [-0.39, 0.29) is 24.8 Å². The van der Waals surface area contributed by atoms with Crippen molar-refractivity contribution in [1.82, 2.24) is 10.2 Å². The fourth-order valence-corrected chi connectivity index (χ4v) is 5.49. The fourth-order valence-electron chi connectivity index (χ4n) is 5.49. The molecule has 4 atom stereocenters. The van der Waals surface area contributed by atoms with Crippen molar-refractivity contribution in [3.63, 3.8) is 0 Å². The highest BCUT2D eigenvalue weighted by molar-refractivity contribution is 5.89. The number of aliphatic hydroxyl groups excluding tert-OH is 1. The van der Waals surface area contributed by atoms with E-state index in [9.17, 15) is 9.90 Å². The monoisotopic (exact) mass is 545 g/mol. The van der Waals surface area contributed by atoms with E-state index in [0.29, 0.717) is 18.3 Å². The van der Waals surface area contributed by atoms with Crippen molar-refractivity contribution < 1.29 is 24.1 Å². The minimum Gasteiger partial charge on any atom is -0.392 e. The summed E-state index contributed by atoms with van der Waals surface area (Å²) < 4.78 is 18.5. The van der Waals surface area contributed by atoms with Crippen LogP contribution in [-0.2, 0) is 27.4 Å². The molecule has 0 aromatic heterocycles. The second kappa shape index (κ2) is 13.9. The van der Waals surface area contributed by atoms with E-state index in [1.807, 2.05) is 78.9 Å². The van der Waals surface area contributed by atoms with Crippen molar-refractivity contribution >= 4 is 11.7 Å². The SMILES string of the molecule is COCC1CCCN1CC1CC(c2ccc(CO)cc2)OC(c2ccc(NC(=O)NCc3ccccc3)cc2)O1. The highest BCUT2D eigenvalue weighted by Gasteiger charge is 2.35. The van der Waals surface area contributed by atoms with Crippen molar-refractivity contribution in [2.45, 2.75) is 57.0 Å². The number of carbonyl (C=O) groups is 1. The van der Waals surface area contributed by atoms with Gasteiger partial charge in [0.1, 0.15) is 0 Å². The second-order valence-electron chi connectivity index (χ2n) is 10.5. The Bertz CT molecular complexity index is 1210. The predicted molar refractivity (Wildman–Crippen MR) is 154 cm³/mol. The smallest absolute Gasteiger partial charge is 0.319 e. The highest BCUT2D eigenvalue weighted by atomic mass is 16.7. The molecule has 2 aliphatic rings. The molecule has 2 heterocycles. The zero-order valence-electron chi connectivity index (χ0n) is 23.0. The van der Waals surface area contributed by atoms with Crippen molar-refractivity contribution in [2.24, 2.45) is 0 Å². The van der Waals surface area contributed by atoms with E-state index < -0.39 is 6.29 Å². The first-order valence-corrected chi connectivity index (χ1v) is 14.0. The first-order valence-electron chi connectivity index (χ1n) is 14.0. The van der Waals surface area contributed by atoms with Gasteiger partial charge in [-0.05, 0) is 48.2 Å². The normalized spacial score (nSPS) is 23.1. The molecule has 5 rings (SSSR count). The number of likely N-dealkylation sites (tertiary alicyclic amines) is 1. The largest absolute Gasteiger partial charge is 0.392 e. The molecule has 0 radical (unpaired) electrons. The Balaban J connectivity index is 1.25. The number of rotatable bonds is 10. The molecule has 2 aliphatic heterocycles. The number of hydrogen-bond donors (Lipinski definition) is 3. The molecule has 2 amide bonds. The van der Waals surface area contributed by atoms with Gasteiger partial charge in [0.05, 0.1) is 25.4 Å². The van der Waals surface area contributed by atoms with Crippen molar-refractivity contribution in [2.75, 3.05) is 32.1 Å². The molecule has 3 aromatic carbocycles. The molecule has 4 unspecified atom stereocenters. The Morgan fingerprint density at radius 1 is 0.975 bits per heavy atom. The second-order valence-corrected chi connectivity index (χ2v) is 10.5. The average molecular weight is 546 g/mol. The first kappa shape index (κ1) is 28.3. The summed E-state index contributed by atoms with van der Waals surface area (Å²) in [5, 5.41) is 15.2. The number of nitrogens with zero attached hydrogens (tertiary/aromatic N) is 1. The summed E-state index contributed by atoms with van der Waals surface area (Å²) in [4.78, 5) is 14.9. The average Bonchev–Trinajstić information content (AvgIpc) is 3.43. The van der Waals surface area contributed by atoms with Crippen LogP contribution in [0.5, 0.6) is 0 Å². The molecule has 0 bridgehead atoms. The van der Waals surface area contributed by atoms with Gasteiger partial charge in [-0.2, -0.15) is 0 Å². The van der Waals surface area contributed by atoms with Crippen LogP contribution in [0.3, 0.4) is 0 Å². The zero-order chi connectivity index (χ0) is 27.7. The lowest BCUT2D eigenvalue weighted by Crippen LogP contribution is -2.42. The topological polar surface area (TPSA) is 92.3 Å². The molecule has 8 heteroatoms. The number of carbonyl (C=O) groups excluding carboxylic acids is 1. The number of urea groups is 1. The van der Waals surface area contributed by atoms with Crippen LogP contribution in [-0.4, -0.2) is 55.0 Å². The van der Waals surface area contributed by atoms with Crippen LogP contribution in [0.15, 0.2) is 78.9 Å². The number of hydrogen-bond acceptors (Lipinski definition) is 6. The van der Waals surface area contributed by atoms with Gasteiger partial charge in [0.2, 0.25) is 0 Å². The maximum atomic E-state index is 12.4. The van der Waals surface area contributed by atoms with Gasteiger partial charge in [0.15, 0.2) is 6.29 Å². The number of ether oxygens (including phenoxy) is 3. The molecule has 0 aliphatic carbocycles. The van der Waals surface area contributed by atoms with E-state index in [1.54, 1.807) is 7.11 Å². The van der Waals surface area contributed by atoms with Gasteiger partial charge in [-0.3, -0.25) is 4.90 Å². The number of benzene rings is 3. The number of methoxy groups -OCH3 is 1. The first-order chi connectivity index (χ1) is 19.6. The lowest BCUT2D eigenvalue weighted by atomic mass is 9.99. The summed E-state index contributed by atoms with van der Waals surface area (Å²) in [7, 11) is 1.76. The molecule has 2 fully saturated rings. The summed E-state index contributed by atoms with van der Waals surface area (Å²) in [5.41, 5.74) is 4.57. The van der Waals surface area contributed by atoms with Crippen LogP contribution in [0.4, 0.5) is 10.5 Å². The van der Waals surface area contributed by atoms with Crippen LogP contribution < -0.4 is 10.6 Å². The quantitative estimate of drug-likeness (QED) is 0.326. The highest BCUT2D eigenvalue weighted by Crippen LogP contribution is 2.39. The Labute approximate surface area is 236 Å². The van der Waals surface area contributed by atoms with E-state index >= 15 is 0 Å². The molecule has 2 saturated heterocycles. The van der Waals surface area contributed by atoms with E-state index in [0.717, 1.165) is 54.8 Å². The maximum absolute atomic E-state index is 12.4. The molecular formula is C32H39N3O5. The van der Waals surface area contributed by atoms with E-state index in [2.05, 4.69) is 15.5 Å². The van der Waals surface area contributed by atoms with Gasteiger partial charge >= 0.3 is 6.03 Å². The number of amides is 2. The van der Waals surface area contributed by atoms with Gasteiger partial charge in [0, 0.05) is 43.9 Å². The van der Waals surface area contributed by atoms with Gasteiger partial charge in [-0.1, -0.05) is 66.7 Å². The van der Waals surface area contributed by atoms with E-state index in [1.165, 1.54) is 6.42 Å². The minimum absolute atomic E-state index is 0.0136. The molecule has 0 saturated carbocycles. The summed E-state index contributed by atoms with van der Waals surface area (Å²) in [5.74, 6) is 0. The molecule has 3 aromatic rings. The molecule has 0 spiro atoms. The lowest BCUT2D eigenvalue weighted by Gasteiger charge is -2.38. The molecule has 3 N–H and O–H groups in total. The molecule has 212 valence electrons. The van der Waals surface area contributed by atoms with Crippen LogP contribution in [0.25, 0.3) is 0 Å². The van der Waals surface area contributed by atoms with Gasteiger partial charge < -0.3 is 30.0 Å². The van der Waals surface area contributed by atoms with Crippen molar-refractivity contribution in [1.29, 1.82) is 0 Å². The fraction of sp³-hybridized carbons (Fsp3) is 0.406. The predicted octanol–water partition coefficient (Wildman–Crippen LogP) is 5.16. The van der Waals surface area contributed by atoms with Gasteiger partial charge in [-0.25, -0.2) is 4.79 Å². The molecule has 40 heavy (non-hydrogen) atoms. The standard InChI is InChI=1S/C32H39N3O5/c1-38-22-28-8-5-17-35(28)20-29-18-30(25-11-9-24(21-36)10-12-25)40-31(39-29)26-13-15-27(16-14-26)34-32(37)33-19-23-6-3-2-4-7-23/h2-4,6-7,9-16,28-31,36H,5,8,17-22H2,1H3,(H2,33,34,37). The molecular weight excluding hydrogens is 506 g/mol. The number of anilines is 1. The van der Waals surface area contributed by atoms with Crippen LogP contribution >= 0.6 is 0 Å². The Morgan fingerprint density at radius 2 is 1.73 bits per heavy atom. The summed E-state index contributed by atoms with van der Waals surface area (Å²) in [6.45, 7) is 3.06. The Hall–Kier alpha value is -3.27. The third kappa shape index (κ3) is 7.47. The molecule has 8 nitrogen and oxygen atoms in total. The van der Waals surface area contributed by atoms with Gasteiger partial charge in [-0.15, -0.1) is 0 Å².